The first-order valence-electron chi connectivity index (χ1n) is 9.38. The third-order valence-corrected chi connectivity index (χ3v) is 4.73. The molecule has 1 atom stereocenters. The number of carbonyl (C=O) groups excluding carboxylic acids is 1. The lowest BCUT2D eigenvalue weighted by Crippen LogP contribution is -2.41. The summed E-state index contributed by atoms with van der Waals surface area (Å²) >= 11 is 0. The van der Waals surface area contributed by atoms with Crippen molar-refractivity contribution in [2.75, 3.05) is 23.3 Å². The molecule has 0 bridgehead atoms. The highest BCUT2D eigenvalue weighted by Crippen LogP contribution is 2.24. The highest BCUT2D eigenvalue weighted by atomic mass is 19.3. The molecule has 0 spiro atoms. The van der Waals surface area contributed by atoms with E-state index < -0.39 is 6.61 Å². The number of carbonyl (C=O) groups is 1. The first-order valence-corrected chi connectivity index (χ1v) is 9.38. The van der Waals surface area contributed by atoms with E-state index in [0.29, 0.717) is 23.9 Å². The number of alkyl halides is 2. The molecule has 1 unspecified atom stereocenters. The quantitative estimate of drug-likeness (QED) is 0.661. The largest absolute Gasteiger partial charge is 0.435 e. The van der Waals surface area contributed by atoms with E-state index in [9.17, 15) is 13.6 Å². The molecular weight excluding hydrogens is 396 g/mol. The third kappa shape index (κ3) is 4.67. The number of rotatable bonds is 6. The monoisotopic (exact) mass is 415 g/mol. The number of anilines is 2. The number of amides is 1. The average Bonchev–Trinajstić information content (AvgIpc) is 3.29. The van der Waals surface area contributed by atoms with Crippen molar-refractivity contribution in [3.05, 3.63) is 49.1 Å². The molecule has 0 saturated carbocycles. The summed E-state index contributed by atoms with van der Waals surface area (Å²) in [6.45, 7) is -1.67. The fourth-order valence-corrected chi connectivity index (χ4v) is 3.33. The molecule has 30 heavy (non-hydrogen) atoms. The molecule has 156 valence electrons. The Labute approximate surface area is 170 Å². The Morgan fingerprint density at radius 3 is 2.77 bits per heavy atom. The number of benzene rings is 1. The third-order valence-electron chi connectivity index (χ3n) is 4.73. The SMILES string of the molecule is O=C(Nc1cccc(OC(F)F)c1)C1CCCN(c2ccc(-n3cncn3)nn2)C1. The van der Waals surface area contributed by atoms with E-state index in [-0.39, 0.29) is 17.6 Å². The number of halogens is 2. The van der Waals surface area contributed by atoms with Crippen molar-refractivity contribution < 1.29 is 18.3 Å². The molecule has 3 heterocycles. The maximum Gasteiger partial charge on any atom is 0.387 e. The molecule has 2 aromatic heterocycles. The van der Waals surface area contributed by atoms with Crippen LogP contribution >= 0.6 is 0 Å². The van der Waals surface area contributed by atoms with Crippen LogP contribution in [0.25, 0.3) is 5.82 Å². The molecule has 1 fully saturated rings. The van der Waals surface area contributed by atoms with Crippen LogP contribution in [-0.2, 0) is 4.79 Å². The molecule has 1 saturated heterocycles. The van der Waals surface area contributed by atoms with Gasteiger partial charge in [0.25, 0.3) is 0 Å². The highest BCUT2D eigenvalue weighted by molar-refractivity contribution is 5.93. The first-order chi connectivity index (χ1) is 14.6. The second kappa shape index (κ2) is 8.80. The van der Waals surface area contributed by atoms with E-state index in [2.05, 4.69) is 30.3 Å². The zero-order valence-electron chi connectivity index (χ0n) is 15.9. The van der Waals surface area contributed by atoms with E-state index in [4.69, 9.17) is 0 Å². The van der Waals surface area contributed by atoms with Crippen LogP contribution in [-0.4, -0.2) is 50.6 Å². The summed E-state index contributed by atoms with van der Waals surface area (Å²) in [6.07, 6.45) is 4.49. The van der Waals surface area contributed by atoms with E-state index in [1.807, 2.05) is 11.0 Å². The summed E-state index contributed by atoms with van der Waals surface area (Å²) in [7, 11) is 0. The zero-order chi connectivity index (χ0) is 20.9. The van der Waals surface area contributed by atoms with E-state index in [0.717, 1.165) is 19.4 Å². The van der Waals surface area contributed by atoms with Crippen LogP contribution in [0, 0.1) is 5.92 Å². The van der Waals surface area contributed by atoms with Crippen LogP contribution in [0.1, 0.15) is 12.8 Å². The van der Waals surface area contributed by atoms with Crippen molar-refractivity contribution in [2.45, 2.75) is 19.5 Å². The molecule has 1 aliphatic heterocycles. The summed E-state index contributed by atoms with van der Waals surface area (Å²) < 4.78 is 30.6. The molecular formula is C19H19F2N7O2. The number of hydrogen-bond acceptors (Lipinski definition) is 7. The van der Waals surface area contributed by atoms with Gasteiger partial charge in [0.15, 0.2) is 11.6 Å². The van der Waals surface area contributed by atoms with Gasteiger partial charge in [0, 0.05) is 24.8 Å². The molecule has 3 aromatic rings. The number of nitrogens with zero attached hydrogens (tertiary/aromatic N) is 6. The van der Waals surface area contributed by atoms with Gasteiger partial charge >= 0.3 is 6.61 Å². The van der Waals surface area contributed by atoms with Gasteiger partial charge in [-0.1, -0.05) is 6.07 Å². The minimum Gasteiger partial charge on any atom is -0.435 e. The zero-order valence-corrected chi connectivity index (χ0v) is 15.9. The Balaban J connectivity index is 1.39. The van der Waals surface area contributed by atoms with Crippen molar-refractivity contribution in [2.24, 2.45) is 5.92 Å². The van der Waals surface area contributed by atoms with Gasteiger partial charge in [0.05, 0.1) is 5.92 Å². The maximum absolute atomic E-state index is 12.7. The standard InChI is InChI=1S/C19H19F2N7O2/c20-19(21)30-15-5-1-4-14(9-15)24-18(29)13-3-2-8-27(10-13)16-6-7-17(26-25-16)28-12-22-11-23-28/h1,4-7,9,11-13,19H,2-3,8,10H2,(H,24,29). The van der Waals surface area contributed by atoms with E-state index in [1.165, 1.54) is 29.5 Å². The summed E-state index contributed by atoms with van der Waals surface area (Å²) in [5.41, 5.74) is 0.409. The molecule has 1 aliphatic rings. The van der Waals surface area contributed by atoms with E-state index in [1.54, 1.807) is 18.2 Å². The Kier molecular flexibility index (Phi) is 5.77. The van der Waals surface area contributed by atoms with Gasteiger partial charge in [-0.3, -0.25) is 4.79 Å². The van der Waals surface area contributed by atoms with Crippen molar-refractivity contribution in [3.8, 4) is 11.6 Å². The smallest absolute Gasteiger partial charge is 0.387 e. The fourth-order valence-electron chi connectivity index (χ4n) is 3.33. The van der Waals surface area contributed by atoms with Gasteiger partial charge in [-0.25, -0.2) is 9.67 Å². The lowest BCUT2D eigenvalue weighted by molar-refractivity contribution is -0.120. The van der Waals surface area contributed by atoms with Crippen LogP contribution in [0.5, 0.6) is 5.75 Å². The van der Waals surface area contributed by atoms with Crippen molar-refractivity contribution in [3.63, 3.8) is 0 Å². The van der Waals surface area contributed by atoms with Crippen LogP contribution in [0.2, 0.25) is 0 Å². The number of ether oxygens (including phenoxy) is 1. The van der Waals surface area contributed by atoms with Gasteiger partial charge in [0.2, 0.25) is 5.91 Å². The summed E-state index contributed by atoms with van der Waals surface area (Å²) in [6, 6.07) is 9.58. The number of piperidine rings is 1. The average molecular weight is 415 g/mol. The van der Waals surface area contributed by atoms with Crippen molar-refractivity contribution in [1.82, 2.24) is 25.0 Å². The van der Waals surface area contributed by atoms with E-state index >= 15 is 0 Å². The Morgan fingerprint density at radius 1 is 1.20 bits per heavy atom. The van der Waals surface area contributed by atoms with Crippen LogP contribution < -0.4 is 15.0 Å². The minimum atomic E-state index is -2.92. The lowest BCUT2D eigenvalue weighted by Gasteiger charge is -2.32. The number of hydrogen-bond donors (Lipinski definition) is 1. The van der Waals surface area contributed by atoms with Gasteiger partial charge < -0.3 is 15.0 Å². The van der Waals surface area contributed by atoms with Crippen LogP contribution in [0.4, 0.5) is 20.3 Å². The highest BCUT2D eigenvalue weighted by Gasteiger charge is 2.27. The van der Waals surface area contributed by atoms with Crippen LogP contribution in [0.15, 0.2) is 49.1 Å². The molecule has 11 heteroatoms. The predicted molar refractivity (Wildman–Crippen MR) is 104 cm³/mol. The van der Waals surface area contributed by atoms with Crippen molar-refractivity contribution in [1.29, 1.82) is 0 Å². The Bertz CT molecular complexity index is 983. The topological polar surface area (TPSA) is 98.1 Å². The molecule has 0 radical (unpaired) electrons. The second-order valence-corrected chi connectivity index (χ2v) is 6.77. The second-order valence-electron chi connectivity index (χ2n) is 6.77. The maximum atomic E-state index is 12.7. The molecule has 0 aliphatic carbocycles. The minimum absolute atomic E-state index is 0.00387. The molecule has 9 nitrogen and oxygen atoms in total. The Morgan fingerprint density at radius 2 is 2.03 bits per heavy atom. The van der Waals surface area contributed by atoms with Gasteiger partial charge in [0.1, 0.15) is 18.4 Å². The summed E-state index contributed by atoms with van der Waals surface area (Å²) in [5, 5.41) is 15.2. The van der Waals surface area contributed by atoms with Gasteiger partial charge in [-0.05, 0) is 37.1 Å². The number of aromatic nitrogens is 5. The lowest BCUT2D eigenvalue weighted by atomic mass is 9.97. The summed E-state index contributed by atoms with van der Waals surface area (Å²) in [5.74, 6) is 0.768. The van der Waals surface area contributed by atoms with Gasteiger partial charge in [-0.15, -0.1) is 10.2 Å². The number of nitrogens with one attached hydrogen (secondary N) is 1. The normalized spacial score (nSPS) is 16.5. The van der Waals surface area contributed by atoms with Crippen LogP contribution in [0.3, 0.4) is 0 Å². The fraction of sp³-hybridized carbons (Fsp3) is 0.316. The molecule has 1 N–H and O–H groups in total. The molecule has 1 aromatic carbocycles. The van der Waals surface area contributed by atoms with Crippen molar-refractivity contribution >= 4 is 17.4 Å². The first kappa shape index (κ1) is 19.7. The predicted octanol–water partition coefficient (Wildman–Crippen LogP) is 2.51. The molecule has 1 amide bonds. The summed E-state index contributed by atoms with van der Waals surface area (Å²) in [4.78, 5) is 18.6. The molecule has 4 rings (SSSR count). The van der Waals surface area contributed by atoms with Gasteiger partial charge in [-0.2, -0.15) is 13.9 Å². The Hall–Kier alpha value is -3.63.